The summed E-state index contributed by atoms with van der Waals surface area (Å²) < 4.78 is 138. The van der Waals surface area contributed by atoms with Gasteiger partial charge in [0.25, 0.3) is 5.69 Å². The quantitative estimate of drug-likeness (QED) is 0.272. The molecule has 0 spiro atoms. The molecule has 13 heteroatoms. The van der Waals surface area contributed by atoms with E-state index in [1.807, 2.05) is 0 Å². The van der Waals surface area contributed by atoms with Crippen molar-refractivity contribution < 1.29 is 48.4 Å². The highest BCUT2D eigenvalue weighted by Crippen LogP contribution is 2.35. The molecule has 2 aromatic rings. The van der Waals surface area contributed by atoms with E-state index in [-0.39, 0.29) is 11.4 Å². The van der Waals surface area contributed by atoms with Crippen LogP contribution in [-0.2, 0) is 0 Å². The number of hydrogen-bond donors (Lipinski definition) is 0. The average molecular weight is 440 g/mol. The molecule has 1 aliphatic rings. The normalized spacial score (nSPS) is 14.3. The highest BCUT2D eigenvalue weighted by molar-refractivity contribution is 6.37. The number of halogens is 10. The third-order valence-corrected chi connectivity index (χ3v) is 4.26. The molecule has 0 bridgehead atoms. The highest BCUT2D eigenvalue weighted by atomic mass is 19.2. The number of nitrogens with zero attached hydrogens (tertiary/aromatic N) is 2. The van der Waals surface area contributed by atoms with Crippen LogP contribution in [0.1, 0.15) is 13.8 Å². The monoisotopic (exact) mass is 440 g/mol. The van der Waals surface area contributed by atoms with E-state index in [2.05, 4.69) is 0 Å². The molecule has 2 nitrogen and oxygen atoms in total. The molecule has 30 heavy (non-hydrogen) atoms. The molecule has 3 rings (SSSR count). The van der Waals surface area contributed by atoms with Gasteiger partial charge < -0.3 is 4.81 Å². The maximum absolute atomic E-state index is 14.2. The van der Waals surface area contributed by atoms with E-state index in [1.165, 1.54) is 0 Å². The first-order valence-corrected chi connectivity index (χ1v) is 7.88. The van der Waals surface area contributed by atoms with Gasteiger partial charge in [-0.15, -0.1) is 0 Å². The van der Waals surface area contributed by atoms with Crippen molar-refractivity contribution in [2.75, 3.05) is 4.81 Å². The fraction of sp³-hybridized carbons (Fsp3) is 0.118. The van der Waals surface area contributed by atoms with Crippen LogP contribution in [-0.4, -0.2) is 17.7 Å². The minimum Gasteiger partial charge on any atom is -0.318 e. The maximum Gasteiger partial charge on any atom is 0.700 e. The lowest BCUT2D eigenvalue weighted by Gasteiger charge is -2.26. The molecule has 1 aliphatic heterocycles. The van der Waals surface area contributed by atoms with Crippen molar-refractivity contribution in [3.8, 4) is 0 Å². The Morgan fingerprint density at radius 1 is 0.600 bits per heavy atom. The number of allylic oxidation sites excluding steroid dienone is 2. The van der Waals surface area contributed by atoms with Gasteiger partial charge in [-0.2, -0.15) is 8.78 Å². The number of hydrogen-bond acceptors (Lipinski definition) is 1. The van der Waals surface area contributed by atoms with Gasteiger partial charge in [-0.25, -0.2) is 35.1 Å². The first kappa shape index (κ1) is 21.7. The van der Waals surface area contributed by atoms with E-state index in [9.17, 15) is 43.9 Å². The molecule has 0 N–H and O–H groups in total. The second-order valence-electron chi connectivity index (χ2n) is 6.12. The molecule has 157 valence electrons. The molecule has 0 unspecified atom stereocenters. The molecule has 1 heterocycles. The molecule has 0 fully saturated rings. The first-order chi connectivity index (χ1) is 13.9. The van der Waals surface area contributed by atoms with Crippen LogP contribution in [0.3, 0.4) is 0 Å². The van der Waals surface area contributed by atoms with Crippen LogP contribution < -0.4 is 4.81 Å². The van der Waals surface area contributed by atoms with Crippen molar-refractivity contribution in [3.63, 3.8) is 0 Å². The Bertz CT molecular complexity index is 1100. The number of benzene rings is 2. The molecule has 0 amide bonds. The van der Waals surface area contributed by atoms with Crippen LogP contribution >= 0.6 is 0 Å². The lowest BCUT2D eigenvalue weighted by Crippen LogP contribution is -2.41. The van der Waals surface area contributed by atoms with Crippen LogP contribution in [0.25, 0.3) is 0 Å². The summed E-state index contributed by atoms with van der Waals surface area (Å²) in [6, 6.07) is 0. The van der Waals surface area contributed by atoms with Crippen molar-refractivity contribution in [3.05, 3.63) is 69.9 Å². The Hall–Kier alpha value is -2.99. The van der Waals surface area contributed by atoms with Crippen molar-refractivity contribution in [2.45, 2.75) is 13.8 Å². The Morgan fingerprint density at radius 2 is 0.967 bits per heavy atom. The first-order valence-electron chi connectivity index (χ1n) is 7.88. The van der Waals surface area contributed by atoms with E-state index >= 15 is 0 Å². The largest absolute Gasteiger partial charge is 0.700 e. The average Bonchev–Trinajstić information content (AvgIpc) is 2.70. The number of anilines is 1. The standard InChI is InChI=1S/C17H7BF10N2/c1-4-3-5(2)30(17-14(27)10(23)7(20)11(24)15(17)28)18-29(4)16-12(25)8(21)6(19)9(22)13(16)26/h3H,1-2H3/q+1. The van der Waals surface area contributed by atoms with Gasteiger partial charge in [0.15, 0.2) is 29.0 Å². The predicted octanol–water partition coefficient (Wildman–Crippen LogP) is 5.14. The van der Waals surface area contributed by atoms with Gasteiger partial charge >= 0.3 is 7.55 Å². The summed E-state index contributed by atoms with van der Waals surface area (Å²) in [6.45, 7) is 2.29. The molecule has 0 aliphatic carbocycles. The van der Waals surface area contributed by atoms with E-state index in [1.54, 1.807) is 0 Å². The smallest absolute Gasteiger partial charge is 0.318 e. The third-order valence-electron chi connectivity index (χ3n) is 4.26. The highest BCUT2D eigenvalue weighted by Gasteiger charge is 2.42. The molecule has 1 radical (unpaired) electrons. The van der Waals surface area contributed by atoms with Crippen LogP contribution in [0.5, 0.6) is 0 Å². The van der Waals surface area contributed by atoms with Gasteiger partial charge in [0.2, 0.25) is 34.9 Å². The summed E-state index contributed by atoms with van der Waals surface area (Å²) >= 11 is 0. The number of rotatable bonds is 2. The second-order valence-corrected chi connectivity index (χ2v) is 6.12. The summed E-state index contributed by atoms with van der Waals surface area (Å²) in [5.74, 6) is -23.1. The minimum atomic E-state index is -2.44. The van der Waals surface area contributed by atoms with Gasteiger partial charge in [-0.3, -0.25) is 4.49 Å². The van der Waals surface area contributed by atoms with Gasteiger partial charge in [0.05, 0.1) is 0 Å². The van der Waals surface area contributed by atoms with E-state index in [4.69, 9.17) is 0 Å². The fourth-order valence-corrected chi connectivity index (χ4v) is 2.82. The zero-order chi connectivity index (χ0) is 22.7. The van der Waals surface area contributed by atoms with E-state index < -0.39 is 69.5 Å². The van der Waals surface area contributed by atoms with Gasteiger partial charge in [-0.1, -0.05) is 0 Å². The molecule has 0 saturated carbocycles. The maximum atomic E-state index is 14.2. The zero-order valence-electron chi connectivity index (χ0n) is 14.8. The summed E-state index contributed by atoms with van der Waals surface area (Å²) in [6.07, 6.45) is 0.968. The predicted molar refractivity (Wildman–Crippen MR) is 85.1 cm³/mol. The van der Waals surface area contributed by atoms with Gasteiger partial charge in [0.1, 0.15) is 5.69 Å². The Morgan fingerprint density at radius 3 is 1.40 bits per heavy atom. The topological polar surface area (TPSA) is 6.25 Å². The van der Waals surface area contributed by atoms with Crippen LogP contribution in [0.4, 0.5) is 55.3 Å². The Balaban J connectivity index is 2.25. The van der Waals surface area contributed by atoms with Crippen molar-refractivity contribution >= 4 is 24.6 Å². The molecule has 0 aromatic heterocycles. The zero-order valence-corrected chi connectivity index (χ0v) is 14.8. The van der Waals surface area contributed by atoms with Crippen LogP contribution in [0.2, 0.25) is 0 Å². The lowest BCUT2D eigenvalue weighted by molar-refractivity contribution is -0.286. The third kappa shape index (κ3) is 3.03. The molecular weight excluding hydrogens is 433 g/mol. The SMILES string of the molecule is CC1=CC(C)=[N+](c2c(F)c(F)c(F)c(F)c2F)[B]N1c1c(F)c(F)c(F)c(F)c1F. The van der Waals surface area contributed by atoms with E-state index in [0.717, 1.165) is 19.9 Å². The van der Waals surface area contributed by atoms with Crippen molar-refractivity contribution in [1.82, 2.24) is 0 Å². The summed E-state index contributed by atoms with van der Waals surface area (Å²) in [5.41, 5.74) is -3.39. The molecule has 2 aromatic carbocycles. The molecule has 0 saturated heterocycles. The Kier molecular flexibility index (Phi) is 5.33. The second kappa shape index (κ2) is 7.36. The summed E-state index contributed by atoms with van der Waals surface area (Å²) in [5, 5.41) is 0. The van der Waals surface area contributed by atoms with Gasteiger partial charge in [-0.05, 0) is 6.92 Å². The van der Waals surface area contributed by atoms with Crippen LogP contribution in [0, 0.1) is 58.2 Å². The molecule has 0 atom stereocenters. The van der Waals surface area contributed by atoms with E-state index in [0.29, 0.717) is 16.8 Å². The van der Waals surface area contributed by atoms with Gasteiger partial charge in [0, 0.05) is 18.7 Å². The Labute approximate surface area is 162 Å². The fourth-order valence-electron chi connectivity index (χ4n) is 2.82. The van der Waals surface area contributed by atoms with Crippen molar-refractivity contribution in [1.29, 1.82) is 0 Å². The van der Waals surface area contributed by atoms with Crippen molar-refractivity contribution in [2.24, 2.45) is 0 Å². The lowest BCUT2D eigenvalue weighted by atomic mass is 9.95. The summed E-state index contributed by atoms with van der Waals surface area (Å²) in [7, 11) is 0.432. The summed E-state index contributed by atoms with van der Waals surface area (Å²) in [4.78, 5) is 0.321. The molecular formula is C17H7BF10N2+. The minimum absolute atomic E-state index is 0.184. The van der Waals surface area contributed by atoms with Crippen LogP contribution in [0.15, 0.2) is 11.8 Å².